The number of hydrogen-bond acceptors (Lipinski definition) is 6. The molecule has 3 rings (SSSR count). The molecule has 30 heavy (non-hydrogen) atoms. The van der Waals surface area contributed by atoms with Crippen LogP contribution in [0.5, 0.6) is 0 Å². The van der Waals surface area contributed by atoms with Crippen LogP contribution in [0.25, 0.3) is 10.2 Å². The van der Waals surface area contributed by atoms with Crippen LogP contribution in [-0.2, 0) is 9.84 Å². The van der Waals surface area contributed by atoms with Gasteiger partial charge in [-0.25, -0.2) is 17.8 Å². The summed E-state index contributed by atoms with van der Waals surface area (Å²) in [5.41, 5.74) is 0.696. The number of benzene rings is 2. The molecule has 0 saturated carbocycles. The first-order valence-electron chi connectivity index (χ1n) is 9.07. The van der Waals surface area contributed by atoms with E-state index in [1.165, 1.54) is 40.5 Å². The average molecular weight is 472 g/mol. The molecule has 6 nitrogen and oxygen atoms in total. The molecule has 0 N–H and O–H groups in total. The van der Waals surface area contributed by atoms with E-state index in [0.717, 1.165) is 0 Å². The number of thiazole rings is 1. The highest BCUT2D eigenvalue weighted by molar-refractivity contribution is 7.91. The van der Waals surface area contributed by atoms with E-state index < -0.39 is 15.7 Å². The lowest BCUT2D eigenvalue weighted by atomic mass is 10.2. The molecule has 1 amide bonds. The zero-order valence-electron chi connectivity index (χ0n) is 16.8. The molecular formula is C20H23ClFN3O3S2. The molecular weight excluding hydrogens is 449 g/mol. The van der Waals surface area contributed by atoms with Gasteiger partial charge in [0, 0.05) is 13.1 Å². The predicted molar refractivity (Wildman–Crippen MR) is 121 cm³/mol. The van der Waals surface area contributed by atoms with Crippen LogP contribution < -0.4 is 4.90 Å². The first-order valence-corrected chi connectivity index (χ1v) is 11.5. The zero-order valence-corrected chi connectivity index (χ0v) is 19.3. The van der Waals surface area contributed by atoms with Crippen molar-refractivity contribution in [1.29, 1.82) is 0 Å². The van der Waals surface area contributed by atoms with Gasteiger partial charge in [-0.15, -0.1) is 12.4 Å². The minimum atomic E-state index is -3.58. The number of amides is 1. The van der Waals surface area contributed by atoms with E-state index in [1.54, 1.807) is 25.1 Å². The number of halogens is 2. The average Bonchev–Trinajstić information content (AvgIpc) is 3.10. The molecule has 0 unspecified atom stereocenters. The van der Waals surface area contributed by atoms with E-state index in [-0.39, 0.29) is 34.4 Å². The lowest BCUT2D eigenvalue weighted by Gasteiger charge is -2.23. The number of carbonyl (C=O) groups excluding carboxylic acids is 1. The number of sulfone groups is 1. The highest BCUT2D eigenvalue weighted by Crippen LogP contribution is 2.31. The van der Waals surface area contributed by atoms with Gasteiger partial charge in [-0.3, -0.25) is 9.69 Å². The van der Waals surface area contributed by atoms with Crippen LogP contribution in [0.2, 0.25) is 0 Å². The second-order valence-electron chi connectivity index (χ2n) is 6.77. The number of nitrogens with zero attached hydrogens (tertiary/aromatic N) is 3. The second kappa shape index (κ2) is 9.82. The van der Waals surface area contributed by atoms with Crippen molar-refractivity contribution in [2.24, 2.45) is 0 Å². The van der Waals surface area contributed by atoms with E-state index in [2.05, 4.69) is 4.98 Å². The van der Waals surface area contributed by atoms with Crippen molar-refractivity contribution < 1.29 is 17.6 Å². The fourth-order valence-corrected chi connectivity index (χ4v) is 4.90. The molecule has 2 aromatic carbocycles. The fraction of sp³-hybridized carbons (Fsp3) is 0.300. The molecule has 1 heterocycles. The summed E-state index contributed by atoms with van der Waals surface area (Å²) in [5, 5.41) is 0.404. The van der Waals surface area contributed by atoms with Crippen LogP contribution in [0.15, 0.2) is 47.4 Å². The number of rotatable bonds is 7. The Bertz CT molecular complexity index is 1150. The second-order valence-corrected chi connectivity index (χ2v) is 10.0. The molecule has 3 aromatic rings. The third-order valence-electron chi connectivity index (χ3n) is 4.42. The van der Waals surface area contributed by atoms with Crippen LogP contribution in [0.4, 0.5) is 9.52 Å². The van der Waals surface area contributed by atoms with E-state index >= 15 is 0 Å². The summed E-state index contributed by atoms with van der Waals surface area (Å²) in [7, 11) is 0.186. The largest absolute Gasteiger partial charge is 0.308 e. The third-order valence-corrected chi connectivity index (χ3v) is 7.25. The van der Waals surface area contributed by atoms with Crippen molar-refractivity contribution in [3.05, 3.63) is 53.8 Å². The molecule has 1 aromatic heterocycles. The van der Waals surface area contributed by atoms with Crippen molar-refractivity contribution in [3.63, 3.8) is 0 Å². The summed E-state index contributed by atoms with van der Waals surface area (Å²) in [6.45, 7) is 2.41. The standard InChI is InChI=1S/C20H22FN3O3S2.ClH/c1-4-29(26,27)18-8-6-5-7-15(18)19(25)24(12-11-23(2)3)20-22-16-10-9-14(21)13-17(16)28-20;/h5-10,13H,4,11-12H2,1-3H3;1H. The molecule has 0 bridgehead atoms. The molecule has 0 spiro atoms. The molecule has 0 fully saturated rings. The van der Waals surface area contributed by atoms with Crippen molar-refractivity contribution >= 4 is 54.8 Å². The van der Waals surface area contributed by atoms with Gasteiger partial charge in [0.1, 0.15) is 5.82 Å². The highest BCUT2D eigenvalue weighted by atomic mass is 35.5. The summed E-state index contributed by atoms with van der Waals surface area (Å²) in [6, 6.07) is 10.5. The number of aromatic nitrogens is 1. The molecule has 162 valence electrons. The van der Waals surface area contributed by atoms with Gasteiger partial charge >= 0.3 is 0 Å². The Hall–Kier alpha value is -2.07. The minimum absolute atomic E-state index is 0. The molecule has 0 radical (unpaired) electrons. The van der Waals surface area contributed by atoms with Crippen molar-refractivity contribution in [1.82, 2.24) is 9.88 Å². The predicted octanol–water partition coefficient (Wildman–Crippen LogP) is 3.86. The van der Waals surface area contributed by atoms with Gasteiger partial charge < -0.3 is 4.90 Å². The maximum Gasteiger partial charge on any atom is 0.261 e. The maximum absolute atomic E-state index is 13.6. The summed E-state index contributed by atoms with van der Waals surface area (Å²) in [6.07, 6.45) is 0. The number of carbonyl (C=O) groups is 1. The van der Waals surface area contributed by atoms with Crippen molar-refractivity contribution in [2.45, 2.75) is 11.8 Å². The molecule has 10 heteroatoms. The van der Waals surface area contributed by atoms with Gasteiger partial charge in [0.15, 0.2) is 15.0 Å². The number of anilines is 1. The maximum atomic E-state index is 13.6. The monoisotopic (exact) mass is 471 g/mol. The van der Waals surface area contributed by atoms with Crippen LogP contribution in [-0.4, -0.2) is 57.1 Å². The van der Waals surface area contributed by atoms with Crippen LogP contribution in [0.3, 0.4) is 0 Å². The van der Waals surface area contributed by atoms with E-state index in [4.69, 9.17) is 0 Å². The summed E-state index contributed by atoms with van der Waals surface area (Å²) >= 11 is 1.20. The minimum Gasteiger partial charge on any atom is -0.308 e. The smallest absolute Gasteiger partial charge is 0.261 e. The Morgan fingerprint density at radius 3 is 2.50 bits per heavy atom. The lowest BCUT2D eigenvalue weighted by Crippen LogP contribution is -2.37. The Morgan fingerprint density at radius 2 is 1.83 bits per heavy atom. The normalized spacial score (nSPS) is 11.5. The molecule has 0 aliphatic heterocycles. The molecule has 0 atom stereocenters. The van der Waals surface area contributed by atoms with Gasteiger partial charge in [0.2, 0.25) is 0 Å². The van der Waals surface area contributed by atoms with E-state index in [0.29, 0.717) is 28.4 Å². The quantitative estimate of drug-likeness (QED) is 0.523. The van der Waals surface area contributed by atoms with E-state index in [1.807, 2.05) is 19.0 Å². The molecule has 0 saturated heterocycles. The summed E-state index contributed by atoms with van der Waals surface area (Å²) in [5.74, 6) is -0.924. The van der Waals surface area contributed by atoms with Gasteiger partial charge in [0.05, 0.1) is 26.4 Å². The topological polar surface area (TPSA) is 70.6 Å². The number of hydrogen-bond donors (Lipinski definition) is 0. The Kier molecular flexibility index (Phi) is 7.93. The van der Waals surface area contributed by atoms with Gasteiger partial charge in [0.25, 0.3) is 5.91 Å². The summed E-state index contributed by atoms with van der Waals surface area (Å²) in [4.78, 5) is 21.3. The zero-order chi connectivity index (χ0) is 21.2. The van der Waals surface area contributed by atoms with Crippen molar-refractivity contribution in [2.75, 3.05) is 37.8 Å². The van der Waals surface area contributed by atoms with E-state index in [9.17, 15) is 17.6 Å². The van der Waals surface area contributed by atoms with Crippen LogP contribution >= 0.6 is 23.7 Å². The number of fused-ring (bicyclic) bond motifs is 1. The Labute approximate surface area is 185 Å². The first kappa shape index (κ1) is 24.2. The summed E-state index contributed by atoms with van der Waals surface area (Å²) < 4.78 is 39.2. The first-order chi connectivity index (χ1) is 13.7. The highest BCUT2D eigenvalue weighted by Gasteiger charge is 2.27. The number of likely N-dealkylation sites (N-methyl/N-ethyl adjacent to an activating group) is 1. The van der Waals surface area contributed by atoms with Crippen LogP contribution in [0.1, 0.15) is 17.3 Å². The molecule has 0 aliphatic rings. The van der Waals surface area contributed by atoms with Crippen LogP contribution in [0, 0.1) is 5.82 Å². The SMILES string of the molecule is CCS(=O)(=O)c1ccccc1C(=O)N(CCN(C)C)c1nc2ccc(F)cc2s1.Cl. The van der Waals surface area contributed by atoms with Gasteiger partial charge in [-0.05, 0) is 44.4 Å². The van der Waals surface area contributed by atoms with Gasteiger partial charge in [-0.2, -0.15) is 0 Å². The fourth-order valence-electron chi connectivity index (χ4n) is 2.80. The Morgan fingerprint density at radius 1 is 1.13 bits per heavy atom. The third kappa shape index (κ3) is 5.15. The van der Waals surface area contributed by atoms with Gasteiger partial charge in [-0.1, -0.05) is 30.4 Å². The molecule has 0 aliphatic carbocycles. The lowest BCUT2D eigenvalue weighted by molar-refractivity contribution is 0.0982. The Balaban J connectivity index is 0.00000320. The van der Waals surface area contributed by atoms with Crippen molar-refractivity contribution in [3.8, 4) is 0 Å².